The molecule has 0 spiro atoms. The molecule has 2 amide bonds. The largest absolute Gasteiger partial charge is 0.465 e. The molecule has 2 aromatic heterocycles. The van der Waals surface area contributed by atoms with Crippen LogP contribution < -0.4 is 5.32 Å². The van der Waals surface area contributed by atoms with Crippen LogP contribution in [0.3, 0.4) is 0 Å². The zero-order chi connectivity index (χ0) is 21.0. The summed E-state index contributed by atoms with van der Waals surface area (Å²) >= 11 is 0. The zero-order valence-corrected chi connectivity index (χ0v) is 16.5. The number of anilines is 1. The number of benzene rings is 1. The van der Waals surface area contributed by atoms with Crippen LogP contribution >= 0.6 is 0 Å². The molecule has 3 aromatic rings. The van der Waals surface area contributed by atoms with Gasteiger partial charge in [-0.15, -0.1) is 0 Å². The van der Waals surface area contributed by atoms with Crippen LogP contribution in [0, 0.1) is 0 Å². The molecule has 0 aliphatic carbocycles. The fraction of sp³-hybridized carbons (Fsp3) is 0.238. The zero-order valence-electron chi connectivity index (χ0n) is 16.5. The fourth-order valence-corrected chi connectivity index (χ4v) is 3.04. The highest BCUT2D eigenvalue weighted by Crippen LogP contribution is 2.18. The SMILES string of the molecule is CCN(CC)C(=O)c1nc(C(=O)Nc2cccc(C(=O)OC)c2)n2ccccc12. The molecule has 1 aromatic carbocycles. The van der Waals surface area contributed by atoms with Gasteiger partial charge in [0, 0.05) is 25.0 Å². The predicted octanol–water partition coefficient (Wildman–Crippen LogP) is 2.86. The fourth-order valence-electron chi connectivity index (χ4n) is 3.04. The number of hydrogen-bond donors (Lipinski definition) is 1. The average molecular weight is 394 g/mol. The van der Waals surface area contributed by atoms with Gasteiger partial charge in [0.2, 0.25) is 5.82 Å². The summed E-state index contributed by atoms with van der Waals surface area (Å²) in [6, 6.07) is 11.7. The number of aromatic nitrogens is 2. The highest BCUT2D eigenvalue weighted by molar-refractivity contribution is 6.06. The van der Waals surface area contributed by atoms with Gasteiger partial charge in [-0.05, 0) is 44.2 Å². The van der Waals surface area contributed by atoms with Crippen molar-refractivity contribution in [3.8, 4) is 0 Å². The number of carbonyl (C=O) groups excluding carboxylic acids is 3. The Morgan fingerprint density at radius 2 is 1.86 bits per heavy atom. The normalized spacial score (nSPS) is 10.6. The Bertz CT molecular complexity index is 1070. The van der Waals surface area contributed by atoms with Crippen LogP contribution in [0.4, 0.5) is 5.69 Å². The van der Waals surface area contributed by atoms with Crippen LogP contribution in [-0.4, -0.2) is 52.3 Å². The molecule has 0 aliphatic heterocycles. The van der Waals surface area contributed by atoms with Crippen molar-refractivity contribution >= 4 is 29.0 Å². The van der Waals surface area contributed by atoms with Gasteiger partial charge in [-0.2, -0.15) is 0 Å². The smallest absolute Gasteiger partial charge is 0.337 e. The lowest BCUT2D eigenvalue weighted by molar-refractivity contribution is 0.0600. The number of hydrogen-bond acceptors (Lipinski definition) is 5. The third kappa shape index (κ3) is 3.96. The number of rotatable bonds is 6. The van der Waals surface area contributed by atoms with Gasteiger partial charge in [0.25, 0.3) is 11.8 Å². The molecule has 150 valence electrons. The molecule has 0 aliphatic rings. The summed E-state index contributed by atoms with van der Waals surface area (Å²) in [6.45, 7) is 4.87. The Morgan fingerprint density at radius 3 is 2.55 bits per heavy atom. The van der Waals surface area contributed by atoms with Crippen molar-refractivity contribution in [1.29, 1.82) is 0 Å². The summed E-state index contributed by atoms with van der Waals surface area (Å²) in [5, 5.41) is 2.72. The maximum Gasteiger partial charge on any atom is 0.337 e. The number of ether oxygens (including phenoxy) is 1. The van der Waals surface area contributed by atoms with Crippen molar-refractivity contribution < 1.29 is 19.1 Å². The average Bonchev–Trinajstić information content (AvgIpc) is 3.14. The topological polar surface area (TPSA) is 93.0 Å². The summed E-state index contributed by atoms with van der Waals surface area (Å²) in [6.07, 6.45) is 1.68. The Labute approximate surface area is 168 Å². The molecule has 0 radical (unpaired) electrons. The predicted molar refractivity (Wildman–Crippen MR) is 108 cm³/mol. The molecular weight excluding hydrogens is 372 g/mol. The lowest BCUT2D eigenvalue weighted by Crippen LogP contribution is -2.31. The van der Waals surface area contributed by atoms with Gasteiger partial charge < -0.3 is 15.0 Å². The van der Waals surface area contributed by atoms with Gasteiger partial charge in [-0.25, -0.2) is 9.78 Å². The third-order valence-electron chi connectivity index (χ3n) is 4.55. The van der Waals surface area contributed by atoms with E-state index in [9.17, 15) is 14.4 Å². The summed E-state index contributed by atoms with van der Waals surface area (Å²) in [5.41, 5.74) is 1.51. The first kappa shape index (κ1) is 20.1. The first-order valence-electron chi connectivity index (χ1n) is 9.26. The summed E-state index contributed by atoms with van der Waals surface area (Å²) in [4.78, 5) is 43.4. The van der Waals surface area contributed by atoms with Crippen LogP contribution in [0.15, 0.2) is 48.7 Å². The summed E-state index contributed by atoms with van der Waals surface area (Å²) in [7, 11) is 1.29. The molecule has 3 rings (SSSR count). The van der Waals surface area contributed by atoms with E-state index >= 15 is 0 Å². The Kier molecular flexibility index (Phi) is 5.92. The van der Waals surface area contributed by atoms with Crippen molar-refractivity contribution in [2.24, 2.45) is 0 Å². The number of carbonyl (C=O) groups is 3. The van der Waals surface area contributed by atoms with E-state index in [1.807, 2.05) is 13.8 Å². The Balaban J connectivity index is 1.97. The highest BCUT2D eigenvalue weighted by Gasteiger charge is 2.24. The van der Waals surface area contributed by atoms with E-state index < -0.39 is 11.9 Å². The lowest BCUT2D eigenvalue weighted by Gasteiger charge is -2.17. The van der Waals surface area contributed by atoms with E-state index in [2.05, 4.69) is 10.3 Å². The Hall–Kier alpha value is -3.68. The van der Waals surface area contributed by atoms with Crippen LogP contribution in [0.25, 0.3) is 5.52 Å². The molecule has 8 heteroatoms. The number of methoxy groups -OCH3 is 1. The molecule has 0 saturated heterocycles. The molecule has 0 saturated carbocycles. The standard InChI is InChI=1S/C21H22N4O4/c1-4-24(5-2)20(27)17-16-11-6-7-12-25(16)18(23-17)19(26)22-15-10-8-9-14(13-15)21(28)29-3/h6-13H,4-5H2,1-3H3,(H,22,26). The number of pyridine rings is 1. The lowest BCUT2D eigenvalue weighted by atomic mass is 10.2. The van der Waals surface area contributed by atoms with Crippen molar-refractivity contribution in [3.05, 3.63) is 65.7 Å². The summed E-state index contributed by atoms with van der Waals surface area (Å²) in [5.74, 6) is -1.14. The molecule has 0 atom stereocenters. The number of imidazole rings is 1. The van der Waals surface area contributed by atoms with Gasteiger partial charge >= 0.3 is 5.97 Å². The second-order valence-electron chi connectivity index (χ2n) is 6.24. The molecule has 0 fully saturated rings. The quantitative estimate of drug-likeness (QED) is 0.649. The van der Waals surface area contributed by atoms with E-state index in [-0.39, 0.29) is 17.4 Å². The number of nitrogens with one attached hydrogen (secondary N) is 1. The minimum Gasteiger partial charge on any atom is -0.465 e. The molecule has 0 unspecified atom stereocenters. The molecule has 2 heterocycles. The van der Waals surface area contributed by atoms with Crippen molar-refractivity contribution in [1.82, 2.24) is 14.3 Å². The third-order valence-corrected chi connectivity index (χ3v) is 4.55. The second kappa shape index (κ2) is 8.55. The molecule has 29 heavy (non-hydrogen) atoms. The summed E-state index contributed by atoms with van der Waals surface area (Å²) < 4.78 is 6.28. The number of nitrogens with zero attached hydrogens (tertiary/aromatic N) is 3. The van der Waals surface area contributed by atoms with Gasteiger partial charge in [-0.1, -0.05) is 12.1 Å². The first-order valence-corrected chi connectivity index (χ1v) is 9.26. The van der Waals surface area contributed by atoms with Crippen molar-refractivity contribution in [2.45, 2.75) is 13.8 Å². The molecule has 0 bridgehead atoms. The van der Waals surface area contributed by atoms with Crippen molar-refractivity contribution in [2.75, 3.05) is 25.5 Å². The maximum atomic E-state index is 12.9. The molecule has 1 N–H and O–H groups in total. The Morgan fingerprint density at radius 1 is 1.10 bits per heavy atom. The van der Waals surface area contributed by atoms with Gasteiger partial charge in [0.05, 0.1) is 18.2 Å². The highest BCUT2D eigenvalue weighted by atomic mass is 16.5. The number of amides is 2. The van der Waals surface area contributed by atoms with Crippen molar-refractivity contribution in [3.63, 3.8) is 0 Å². The van der Waals surface area contributed by atoms with E-state index in [0.717, 1.165) is 0 Å². The first-order chi connectivity index (χ1) is 14.0. The monoisotopic (exact) mass is 394 g/mol. The molecule has 8 nitrogen and oxygen atoms in total. The van der Waals surface area contributed by atoms with Gasteiger partial charge in [-0.3, -0.25) is 14.0 Å². The number of esters is 1. The maximum absolute atomic E-state index is 12.9. The van der Waals surface area contributed by atoms with E-state index in [4.69, 9.17) is 4.74 Å². The van der Waals surface area contributed by atoms with E-state index in [1.165, 1.54) is 13.2 Å². The van der Waals surface area contributed by atoms with E-state index in [1.54, 1.807) is 51.9 Å². The van der Waals surface area contributed by atoms with Crippen LogP contribution in [0.1, 0.15) is 45.3 Å². The second-order valence-corrected chi connectivity index (χ2v) is 6.24. The van der Waals surface area contributed by atoms with Crippen LogP contribution in [0.5, 0.6) is 0 Å². The van der Waals surface area contributed by atoms with E-state index in [0.29, 0.717) is 29.9 Å². The molecular formula is C21H22N4O4. The van der Waals surface area contributed by atoms with Gasteiger partial charge in [0.15, 0.2) is 5.69 Å². The van der Waals surface area contributed by atoms with Crippen LogP contribution in [0.2, 0.25) is 0 Å². The number of fused-ring (bicyclic) bond motifs is 1. The van der Waals surface area contributed by atoms with Crippen LogP contribution in [-0.2, 0) is 4.74 Å². The van der Waals surface area contributed by atoms with Gasteiger partial charge in [0.1, 0.15) is 0 Å². The minimum atomic E-state index is -0.500. The minimum absolute atomic E-state index is 0.0829.